The van der Waals surface area contributed by atoms with Crippen LogP contribution in [0.2, 0.25) is 0 Å². The van der Waals surface area contributed by atoms with E-state index >= 15 is 0 Å². The van der Waals surface area contributed by atoms with Crippen LogP contribution in [0.4, 0.5) is 14.6 Å². The molecule has 0 aliphatic heterocycles. The van der Waals surface area contributed by atoms with Gasteiger partial charge in [0.1, 0.15) is 17.5 Å². The molecule has 6 heteroatoms. The first-order chi connectivity index (χ1) is 9.58. The Bertz CT molecular complexity index is 605. The predicted octanol–water partition coefficient (Wildman–Crippen LogP) is 3.68. The van der Waals surface area contributed by atoms with Crippen LogP contribution in [0.15, 0.2) is 24.3 Å². The van der Waals surface area contributed by atoms with E-state index in [1.54, 1.807) is 13.0 Å². The van der Waals surface area contributed by atoms with Crippen LogP contribution in [-0.2, 0) is 0 Å². The van der Waals surface area contributed by atoms with Crippen LogP contribution in [-0.4, -0.2) is 16.5 Å². The summed E-state index contributed by atoms with van der Waals surface area (Å²) in [5.41, 5.74) is 0. The highest BCUT2D eigenvalue weighted by atomic mass is 19.1. The lowest BCUT2D eigenvalue weighted by Crippen LogP contribution is -2.04. The van der Waals surface area contributed by atoms with Crippen LogP contribution in [0.3, 0.4) is 0 Å². The molecule has 0 unspecified atom stereocenters. The van der Waals surface area contributed by atoms with Crippen LogP contribution in [0, 0.1) is 18.6 Å². The molecule has 0 amide bonds. The van der Waals surface area contributed by atoms with Crippen molar-refractivity contribution in [1.29, 1.82) is 0 Å². The average molecular weight is 279 g/mol. The molecule has 20 heavy (non-hydrogen) atoms. The minimum absolute atomic E-state index is 0.167. The van der Waals surface area contributed by atoms with E-state index in [1.807, 2.05) is 6.92 Å². The van der Waals surface area contributed by atoms with Gasteiger partial charge in [0.25, 0.3) is 0 Å². The molecule has 0 spiro atoms. The molecule has 1 aromatic heterocycles. The third-order valence-electron chi connectivity index (χ3n) is 2.48. The molecule has 4 nitrogen and oxygen atoms in total. The summed E-state index contributed by atoms with van der Waals surface area (Å²) >= 11 is 0. The van der Waals surface area contributed by atoms with Crippen LogP contribution in [0.25, 0.3) is 0 Å². The highest BCUT2D eigenvalue weighted by molar-refractivity contribution is 5.40. The third-order valence-corrected chi connectivity index (χ3v) is 2.48. The summed E-state index contributed by atoms with van der Waals surface area (Å²) in [4.78, 5) is 8.23. The van der Waals surface area contributed by atoms with Crippen molar-refractivity contribution < 1.29 is 13.5 Å². The van der Waals surface area contributed by atoms with E-state index < -0.39 is 11.6 Å². The second kappa shape index (κ2) is 6.27. The van der Waals surface area contributed by atoms with E-state index in [2.05, 4.69) is 15.3 Å². The van der Waals surface area contributed by atoms with Crippen molar-refractivity contribution in [2.24, 2.45) is 0 Å². The van der Waals surface area contributed by atoms with Gasteiger partial charge >= 0.3 is 0 Å². The Morgan fingerprint density at radius 1 is 1.20 bits per heavy atom. The average Bonchev–Trinajstić information content (AvgIpc) is 2.40. The Labute approximate surface area is 115 Å². The van der Waals surface area contributed by atoms with E-state index in [0.29, 0.717) is 11.6 Å². The quantitative estimate of drug-likeness (QED) is 0.907. The first kappa shape index (κ1) is 14.2. The Kier molecular flexibility index (Phi) is 4.45. The normalized spacial score (nSPS) is 10.4. The van der Waals surface area contributed by atoms with Gasteiger partial charge in [0.05, 0.1) is 0 Å². The van der Waals surface area contributed by atoms with Crippen molar-refractivity contribution in [2.75, 3.05) is 11.9 Å². The number of halogens is 2. The maximum atomic E-state index is 13.5. The van der Waals surface area contributed by atoms with Gasteiger partial charge in [-0.3, -0.25) is 0 Å². The molecule has 0 saturated carbocycles. The largest absolute Gasteiger partial charge is 0.436 e. The van der Waals surface area contributed by atoms with E-state index in [0.717, 1.165) is 31.2 Å². The number of aromatic nitrogens is 2. The number of ether oxygens (including phenoxy) is 1. The number of nitrogens with one attached hydrogen (secondary N) is 1. The SMILES string of the molecule is CCCNc1cc(Oc2cc(F)ccc2F)nc(C)n1. The lowest BCUT2D eigenvalue weighted by Gasteiger charge is -2.09. The number of anilines is 1. The zero-order valence-electron chi connectivity index (χ0n) is 11.3. The van der Waals surface area contributed by atoms with Gasteiger partial charge in [0.15, 0.2) is 11.6 Å². The second-order valence-corrected chi connectivity index (χ2v) is 4.24. The summed E-state index contributed by atoms with van der Waals surface area (Å²) in [6.07, 6.45) is 0.942. The standard InChI is InChI=1S/C14H15F2N3O/c1-3-6-17-13-8-14(19-9(2)18-13)20-12-7-10(15)4-5-11(12)16/h4-5,7-8H,3,6H2,1-2H3,(H,17,18,19). The van der Waals surface area contributed by atoms with Gasteiger partial charge in [-0.1, -0.05) is 6.92 Å². The molecule has 2 aromatic rings. The second-order valence-electron chi connectivity index (χ2n) is 4.24. The summed E-state index contributed by atoms with van der Waals surface area (Å²) in [6, 6.07) is 4.57. The van der Waals surface area contributed by atoms with Gasteiger partial charge < -0.3 is 10.1 Å². The smallest absolute Gasteiger partial charge is 0.224 e. The van der Waals surface area contributed by atoms with Gasteiger partial charge in [0.2, 0.25) is 5.88 Å². The Balaban J connectivity index is 2.24. The molecule has 2 rings (SSSR count). The Morgan fingerprint density at radius 3 is 2.75 bits per heavy atom. The van der Waals surface area contributed by atoms with Crippen molar-refractivity contribution in [3.05, 3.63) is 41.7 Å². The Hall–Kier alpha value is -2.24. The molecule has 0 aliphatic carbocycles. The summed E-state index contributed by atoms with van der Waals surface area (Å²) in [7, 11) is 0. The van der Waals surface area contributed by atoms with E-state index in [4.69, 9.17) is 4.74 Å². The molecule has 0 radical (unpaired) electrons. The molecule has 0 bridgehead atoms. The number of nitrogens with zero attached hydrogens (tertiary/aromatic N) is 2. The van der Waals surface area contributed by atoms with Crippen LogP contribution < -0.4 is 10.1 Å². The molecule has 0 atom stereocenters. The fraction of sp³-hybridized carbons (Fsp3) is 0.286. The van der Waals surface area contributed by atoms with Crippen molar-refractivity contribution in [3.8, 4) is 11.6 Å². The van der Waals surface area contributed by atoms with Crippen molar-refractivity contribution >= 4 is 5.82 Å². The fourth-order valence-corrected chi connectivity index (χ4v) is 1.60. The van der Waals surface area contributed by atoms with E-state index in [9.17, 15) is 8.78 Å². The first-order valence-corrected chi connectivity index (χ1v) is 6.31. The topological polar surface area (TPSA) is 47.0 Å². The van der Waals surface area contributed by atoms with E-state index in [1.165, 1.54) is 0 Å². The minimum atomic E-state index is -0.647. The van der Waals surface area contributed by atoms with Gasteiger partial charge in [-0.05, 0) is 25.5 Å². The van der Waals surface area contributed by atoms with Crippen molar-refractivity contribution in [3.63, 3.8) is 0 Å². The monoisotopic (exact) mass is 279 g/mol. The molecule has 1 N–H and O–H groups in total. The number of aryl methyl sites for hydroxylation is 1. The van der Waals surface area contributed by atoms with Crippen molar-refractivity contribution in [2.45, 2.75) is 20.3 Å². The van der Waals surface area contributed by atoms with Gasteiger partial charge in [-0.2, -0.15) is 4.98 Å². The van der Waals surface area contributed by atoms with Crippen LogP contribution >= 0.6 is 0 Å². The zero-order chi connectivity index (χ0) is 14.5. The minimum Gasteiger partial charge on any atom is -0.436 e. The number of benzene rings is 1. The maximum Gasteiger partial charge on any atom is 0.224 e. The maximum absolute atomic E-state index is 13.5. The first-order valence-electron chi connectivity index (χ1n) is 6.31. The molecule has 106 valence electrons. The third kappa shape index (κ3) is 3.63. The highest BCUT2D eigenvalue weighted by Gasteiger charge is 2.09. The lowest BCUT2D eigenvalue weighted by atomic mass is 10.3. The van der Waals surface area contributed by atoms with Crippen LogP contribution in [0.5, 0.6) is 11.6 Å². The van der Waals surface area contributed by atoms with Crippen molar-refractivity contribution in [1.82, 2.24) is 9.97 Å². The van der Waals surface area contributed by atoms with E-state index in [-0.39, 0.29) is 11.6 Å². The Morgan fingerprint density at radius 2 is 2.00 bits per heavy atom. The van der Waals surface area contributed by atoms with Crippen LogP contribution in [0.1, 0.15) is 19.2 Å². The van der Waals surface area contributed by atoms with Gasteiger partial charge in [-0.25, -0.2) is 13.8 Å². The summed E-state index contributed by atoms with van der Waals surface area (Å²) < 4.78 is 31.9. The zero-order valence-corrected chi connectivity index (χ0v) is 11.3. The summed E-state index contributed by atoms with van der Waals surface area (Å²) in [5.74, 6) is -0.184. The predicted molar refractivity (Wildman–Crippen MR) is 72.0 cm³/mol. The van der Waals surface area contributed by atoms with Gasteiger partial charge in [0, 0.05) is 18.7 Å². The number of rotatable bonds is 5. The molecule has 0 saturated heterocycles. The van der Waals surface area contributed by atoms with Gasteiger partial charge in [-0.15, -0.1) is 0 Å². The molecule has 1 heterocycles. The lowest BCUT2D eigenvalue weighted by molar-refractivity contribution is 0.420. The summed E-state index contributed by atoms with van der Waals surface area (Å²) in [6.45, 7) is 4.48. The fourth-order valence-electron chi connectivity index (χ4n) is 1.60. The molecule has 1 aromatic carbocycles. The highest BCUT2D eigenvalue weighted by Crippen LogP contribution is 2.25. The number of hydrogen-bond donors (Lipinski definition) is 1. The molecule has 0 aliphatic rings. The molecular weight excluding hydrogens is 264 g/mol. The molecule has 0 fully saturated rings. The molecular formula is C14H15F2N3O. The number of hydrogen-bond acceptors (Lipinski definition) is 4. The summed E-state index contributed by atoms with van der Waals surface area (Å²) in [5, 5.41) is 3.09.